The van der Waals surface area contributed by atoms with Crippen molar-refractivity contribution in [2.24, 2.45) is 0 Å². The van der Waals surface area contributed by atoms with Crippen LogP contribution >= 0.6 is 11.8 Å². The molecule has 0 amide bonds. The number of rotatable bonds is 3. The lowest BCUT2D eigenvalue weighted by atomic mass is 10.1. The van der Waals surface area contributed by atoms with Gasteiger partial charge in [-0.3, -0.25) is 0 Å². The van der Waals surface area contributed by atoms with E-state index in [9.17, 15) is 9.18 Å². The zero-order valence-corrected chi connectivity index (χ0v) is 7.84. The molecule has 0 spiro atoms. The number of carbonyl (C=O) groups is 1. The largest absolute Gasteiger partial charge is 0.479 e. The molecule has 0 fully saturated rings. The molecule has 1 aromatic carbocycles. The van der Waals surface area contributed by atoms with E-state index in [-0.39, 0.29) is 5.56 Å². The molecule has 0 heterocycles. The predicted octanol–water partition coefficient (Wildman–Crippen LogP) is 2.50. The lowest BCUT2D eigenvalue weighted by Crippen LogP contribution is -2.05. The van der Waals surface area contributed by atoms with E-state index in [0.717, 1.165) is 4.90 Å². The van der Waals surface area contributed by atoms with Gasteiger partial charge in [-0.05, 0) is 24.0 Å². The zero-order valence-electron chi connectivity index (χ0n) is 7.03. The molecule has 1 unspecified atom stereocenters. The first-order valence-corrected chi connectivity index (χ1v) is 4.88. The molecule has 13 heavy (non-hydrogen) atoms. The van der Waals surface area contributed by atoms with Gasteiger partial charge in [0.1, 0.15) is 0 Å². The van der Waals surface area contributed by atoms with Crippen LogP contribution in [0.15, 0.2) is 29.2 Å². The van der Waals surface area contributed by atoms with Gasteiger partial charge in [-0.2, -0.15) is 0 Å². The number of halogens is 1. The molecular formula is C9H9FO2S. The van der Waals surface area contributed by atoms with E-state index >= 15 is 0 Å². The van der Waals surface area contributed by atoms with Gasteiger partial charge in [0.2, 0.25) is 6.17 Å². The highest BCUT2D eigenvalue weighted by atomic mass is 32.2. The van der Waals surface area contributed by atoms with Crippen LogP contribution < -0.4 is 0 Å². The molecule has 0 saturated heterocycles. The van der Waals surface area contributed by atoms with Crippen molar-refractivity contribution in [3.8, 4) is 0 Å². The second kappa shape index (κ2) is 4.28. The third kappa shape index (κ3) is 2.45. The number of alkyl halides is 1. The maximum atomic E-state index is 13.0. The Morgan fingerprint density at radius 2 is 2.31 bits per heavy atom. The van der Waals surface area contributed by atoms with Crippen LogP contribution in [0.5, 0.6) is 0 Å². The number of benzene rings is 1. The topological polar surface area (TPSA) is 37.3 Å². The summed E-state index contributed by atoms with van der Waals surface area (Å²) in [7, 11) is 0. The fraction of sp³-hybridized carbons (Fsp3) is 0.222. The minimum Gasteiger partial charge on any atom is -0.479 e. The predicted molar refractivity (Wildman–Crippen MR) is 49.7 cm³/mol. The van der Waals surface area contributed by atoms with Gasteiger partial charge in [0, 0.05) is 4.90 Å². The Labute approximate surface area is 79.8 Å². The first kappa shape index (κ1) is 10.1. The van der Waals surface area contributed by atoms with Gasteiger partial charge in [0.05, 0.1) is 0 Å². The molecule has 0 aliphatic heterocycles. The molecule has 70 valence electrons. The van der Waals surface area contributed by atoms with Crippen LogP contribution in [0.1, 0.15) is 11.7 Å². The summed E-state index contributed by atoms with van der Waals surface area (Å²) in [5.41, 5.74) is 0.194. The number of thioether (sulfide) groups is 1. The van der Waals surface area contributed by atoms with Gasteiger partial charge < -0.3 is 5.11 Å². The molecule has 2 nitrogen and oxygen atoms in total. The summed E-state index contributed by atoms with van der Waals surface area (Å²) >= 11 is 1.45. The van der Waals surface area contributed by atoms with Crippen LogP contribution in [-0.4, -0.2) is 17.3 Å². The van der Waals surface area contributed by atoms with Crippen LogP contribution in [-0.2, 0) is 4.79 Å². The van der Waals surface area contributed by atoms with E-state index in [0.29, 0.717) is 0 Å². The van der Waals surface area contributed by atoms with E-state index < -0.39 is 12.1 Å². The van der Waals surface area contributed by atoms with E-state index in [2.05, 4.69) is 0 Å². The monoisotopic (exact) mass is 200 g/mol. The maximum absolute atomic E-state index is 13.0. The van der Waals surface area contributed by atoms with Crippen molar-refractivity contribution in [3.63, 3.8) is 0 Å². The van der Waals surface area contributed by atoms with Crippen LogP contribution in [0.25, 0.3) is 0 Å². The number of carboxylic acid groups (broad SMARTS) is 1. The van der Waals surface area contributed by atoms with Crippen LogP contribution in [0, 0.1) is 0 Å². The Morgan fingerprint density at radius 1 is 1.62 bits per heavy atom. The number of hydrogen-bond acceptors (Lipinski definition) is 2. The second-order valence-corrected chi connectivity index (χ2v) is 3.36. The van der Waals surface area contributed by atoms with Crippen molar-refractivity contribution >= 4 is 17.7 Å². The van der Waals surface area contributed by atoms with Gasteiger partial charge in [-0.1, -0.05) is 12.1 Å². The first-order valence-electron chi connectivity index (χ1n) is 3.66. The smallest absolute Gasteiger partial charge is 0.343 e. The van der Waals surface area contributed by atoms with Gasteiger partial charge in [0.15, 0.2) is 0 Å². The lowest BCUT2D eigenvalue weighted by molar-refractivity contribution is -0.143. The average molecular weight is 200 g/mol. The number of hydrogen-bond donors (Lipinski definition) is 1. The Kier molecular flexibility index (Phi) is 3.31. The van der Waals surface area contributed by atoms with Crippen LogP contribution in [0.3, 0.4) is 0 Å². The van der Waals surface area contributed by atoms with E-state index in [1.54, 1.807) is 12.1 Å². The van der Waals surface area contributed by atoms with Crippen molar-refractivity contribution in [1.29, 1.82) is 0 Å². The van der Waals surface area contributed by atoms with E-state index in [1.165, 1.54) is 17.8 Å². The number of carboxylic acids is 1. The molecule has 0 aliphatic carbocycles. The Hall–Kier alpha value is -1.03. The van der Waals surface area contributed by atoms with Crippen molar-refractivity contribution in [3.05, 3.63) is 29.8 Å². The molecule has 0 bridgehead atoms. The maximum Gasteiger partial charge on any atom is 0.343 e. The van der Waals surface area contributed by atoms with Gasteiger partial charge in [-0.15, -0.1) is 11.8 Å². The molecule has 0 aromatic heterocycles. The summed E-state index contributed by atoms with van der Waals surface area (Å²) < 4.78 is 13.0. The Morgan fingerprint density at radius 3 is 2.85 bits per heavy atom. The Balaban J connectivity index is 2.94. The summed E-state index contributed by atoms with van der Waals surface area (Å²) in [5, 5.41) is 8.42. The summed E-state index contributed by atoms with van der Waals surface area (Å²) in [4.78, 5) is 11.2. The minimum atomic E-state index is -1.92. The first-order chi connectivity index (χ1) is 6.15. The van der Waals surface area contributed by atoms with E-state index in [1.807, 2.05) is 12.3 Å². The summed E-state index contributed by atoms with van der Waals surface area (Å²) in [6, 6.07) is 6.47. The molecule has 0 saturated carbocycles. The SMILES string of the molecule is CSc1cccc(C(F)C(=O)O)c1. The normalized spacial score (nSPS) is 12.5. The van der Waals surface area contributed by atoms with Gasteiger partial charge in [-0.25, -0.2) is 9.18 Å². The van der Waals surface area contributed by atoms with E-state index in [4.69, 9.17) is 5.11 Å². The fourth-order valence-corrected chi connectivity index (χ4v) is 1.41. The molecule has 4 heteroatoms. The van der Waals surface area contributed by atoms with Crippen molar-refractivity contribution in [1.82, 2.24) is 0 Å². The third-order valence-electron chi connectivity index (χ3n) is 1.60. The third-order valence-corrected chi connectivity index (χ3v) is 2.33. The van der Waals surface area contributed by atoms with Crippen LogP contribution in [0.2, 0.25) is 0 Å². The molecule has 1 rings (SSSR count). The summed E-state index contributed by atoms with van der Waals surface area (Å²) in [5.74, 6) is -1.45. The van der Waals surface area contributed by atoms with Crippen LogP contribution in [0.4, 0.5) is 4.39 Å². The summed E-state index contributed by atoms with van der Waals surface area (Å²) in [6.07, 6.45) is -0.0697. The van der Waals surface area contributed by atoms with Crippen molar-refractivity contribution in [2.45, 2.75) is 11.1 Å². The van der Waals surface area contributed by atoms with Crippen molar-refractivity contribution in [2.75, 3.05) is 6.26 Å². The molecule has 1 N–H and O–H groups in total. The van der Waals surface area contributed by atoms with Gasteiger partial charge >= 0.3 is 5.97 Å². The standard InChI is InChI=1S/C9H9FO2S/c1-13-7-4-2-3-6(5-7)8(10)9(11)12/h2-5,8H,1H3,(H,11,12). The van der Waals surface area contributed by atoms with Gasteiger partial charge in [0.25, 0.3) is 0 Å². The number of aliphatic carboxylic acids is 1. The minimum absolute atomic E-state index is 0.194. The quantitative estimate of drug-likeness (QED) is 0.762. The molecule has 1 aromatic rings. The Bertz CT molecular complexity index is 314. The average Bonchev–Trinajstić information content (AvgIpc) is 2.16. The highest BCUT2D eigenvalue weighted by molar-refractivity contribution is 7.98. The summed E-state index contributed by atoms with van der Waals surface area (Å²) in [6.45, 7) is 0. The fourth-order valence-electron chi connectivity index (χ4n) is 0.942. The lowest BCUT2D eigenvalue weighted by Gasteiger charge is -2.04. The zero-order chi connectivity index (χ0) is 9.84. The molecular weight excluding hydrogens is 191 g/mol. The highest BCUT2D eigenvalue weighted by Crippen LogP contribution is 2.22. The second-order valence-electron chi connectivity index (χ2n) is 2.48. The molecule has 0 radical (unpaired) electrons. The molecule has 0 aliphatic rings. The molecule has 1 atom stereocenters. The highest BCUT2D eigenvalue weighted by Gasteiger charge is 2.17. The van der Waals surface area contributed by atoms with Crippen molar-refractivity contribution < 1.29 is 14.3 Å².